The van der Waals surface area contributed by atoms with Gasteiger partial charge in [0.25, 0.3) is 0 Å². The van der Waals surface area contributed by atoms with Crippen LogP contribution in [0.3, 0.4) is 0 Å². The van der Waals surface area contributed by atoms with E-state index in [-0.39, 0.29) is 5.62 Å². The quantitative estimate of drug-likeness (QED) is 0.655. The monoisotopic (exact) mass is 201 g/mol. The van der Waals surface area contributed by atoms with E-state index in [1.165, 1.54) is 0 Å². The zero-order valence-electron chi connectivity index (χ0n) is 8.41. The molecule has 0 unspecified atom stereocenters. The fourth-order valence-corrected chi connectivity index (χ4v) is 2.01. The summed E-state index contributed by atoms with van der Waals surface area (Å²) >= 11 is 0. The van der Waals surface area contributed by atoms with Gasteiger partial charge in [-0.05, 0) is 19.1 Å². The normalized spacial score (nSPS) is 13.9. The van der Waals surface area contributed by atoms with Crippen molar-refractivity contribution in [2.45, 2.75) is 13.5 Å². The van der Waals surface area contributed by atoms with Crippen LogP contribution in [0.25, 0.3) is 11.4 Å². The average Bonchev–Trinajstić information content (AvgIpc) is 2.65. The average molecular weight is 201 g/mol. The van der Waals surface area contributed by atoms with Gasteiger partial charge >= 0.3 is 0 Å². The molecule has 0 spiro atoms. The molecule has 0 radical (unpaired) electrons. The van der Waals surface area contributed by atoms with Gasteiger partial charge in [0.15, 0.2) is 0 Å². The first kappa shape index (κ1) is 8.40. The molecular weight excluding hydrogens is 190 g/mol. The van der Waals surface area contributed by atoms with E-state index in [1.807, 2.05) is 19.1 Å². The molecule has 3 aliphatic heterocycles. The Kier molecular flexibility index (Phi) is 1.56. The van der Waals surface area contributed by atoms with Gasteiger partial charge in [-0.1, -0.05) is 0 Å². The predicted molar refractivity (Wildman–Crippen MR) is 55.7 cm³/mol. The summed E-state index contributed by atoms with van der Waals surface area (Å²) in [5, 5.41) is 10.8. The number of anilines is 1. The van der Waals surface area contributed by atoms with E-state index in [9.17, 15) is 0 Å². The minimum absolute atomic E-state index is 0.0906. The van der Waals surface area contributed by atoms with Gasteiger partial charge in [0.05, 0.1) is 5.69 Å². The third-order valence-corrected chi connectivity index (χ3v) is 2.71. The Hall–Kier alpha value is -1.91. The van der Waals surface area contributed by atoms with Crippen molar-refractivity contribution in [2.24, 2.45) is 0 Å². The second-order valence-electron chi connectivity index (χ2n) is 3.67. The molecule has 0 aromatic heterocycles. The Morgan fingerprint density at radius 3 is 3.13 bits per heavy atom. The standard InChI is InChI=1S/C10H11N5/c1-6-7-2-3-8-12-4-5-15(8)9(7)14-10(11)13-6/h2-3,11-12H,4-5H2,1H3. The smallest absolute Gasteiger partial charge is 0.244 e. The van der Waals surface area contributed by atoms with Gasteiger partial charge in [0.1, 0.15) is 11.6 Å². The molecule has 0 atom stereocenters. The van der Waals surface area contributed by atoms with E-state index in [4.69, 9.17) is 5.41 Å². The first-order chi connectivity index (χ1) is 7.25. The summed E-state index contributed by atoms with van der Waals surface area (Å²) in [6, 6.07) is 4.05. The lowest BCUT2D eigenvalue weighted by Gasteiger charge is -2.13. The van der Waals surface area contributed by atoms with Crippen molar-refractivity contribution < 1.29 is 0 Å². The number of nitrogens with one attached hydrogen (secondary N) is 2. The molecule has 0 amide bonds. The zero-order valence-corrected chi connectivity index (χ0v) is 8.41. The maximum absolute atomic E-state index is 7.52. The van der Waals surface area contributed by atoms with E-state index >= 15 is 0 Å². The molecule has 3 heterocycles. The van der Waals surface area contributed by atoms with Crippen LogP contribution in [0.15, 0.2) is 12.1 Å². The topological polar surface area (TPSA) is 66.6 Å². The Morgan fingerprint density at radius 1 is 1.40 bits per heavy atom. The fourth-order valence-electron chi connectivity index (χ4n) is 2.01. The molecule has 76 valence electrons. The van der Waals surface area contributed by atoms with Crippen molar-refractivity contribution in [2.75, 3.05) is 11.9 Å². The molecule has 3 rings (SSSR count). The van der Waals surface area contributed by atoms with Crippen LogP contribution in [0, 0.1) is 12.3 Å². The molecule has 5 nitrogen and oxygen atoms in total. The molecular formula is C10H11N5. The van der Waals surface area contributed by atoms with Crippen molar-refractivity contribution >= 4 is 5.82 Å². The first-order valence-corrected chi connectivity index (χ1v) is 4.92. The third-order valence-electron chi connectivity index (χ3n) is 2.71. The summed E-state index contributed by atoms with van der Waals surface area (Å²) in [6.45, 7) is 3.75. The van der Waals surface area contributed by atoms with Gasteiger partial charge in [-0.25, -0.2) is 4.98 Å². The number of aromatic nitrogens is 3. The lowest BCUT2D eigenvalue weighted by molar-refractivity contribution is 0.772. The van der Waals surface area contributed by atoms with Crippen LogP contribution in [0.4, 0.5) is 5.82 Å². The van der Waals surface area contributed by atoms with Crippen LogP contribution in [0.2, 0.25) is 0 Å². The SMILES string of the molecule is Cc1nc(=N)nc2n3c(ccc1-2)NCC3. The second kappa shape index (κ2) is 2.79. The summed E-state index contributed by atoms with van der Waals surface area (Å²) in [6.07, 6.45) is 0. The Balaban J connectivity index is 2.43. The van der Waals surface area contributed by atoms with E-state index in [0.717, 1.165) is 36.0 Å². The summed E-state index contributed by atoms with van der Waals surface area (Å²) in [7, 11) is 0. The summed E-state index contributed by atoms with van der Waals surface area (Å²) in [5.41, 5.74) is 1.98. The molecule has 0 saturated carbocycles. The van der Waals surface area contributed by atoms with Crippen LogP contribution in [0.5, 0.6) is 0 Å². The number of rotatable bonds is 0. The highest BCUT2D eigenvalue weighted by Crippen LogP contribution is 2.26. The molecule has 0 bridgehead atoms. The lowest BCUT2D eigenvalue weighted by atomic mass is 10.2. The highest BCUT2D eigenvalue weighted by atomic mass is 15.2. The summed E-state index contributed by atoms with van der Waals surface area (Å²) in [4.78, 5) is 8.24. The van der Waals surface area contributed by atoms with Crippen LogP contribution < -0.4 is 10.9 Å². The highest BCUT2D eigenvalue weighted by molar-refractivity contribution is 5.64. The number of fused-ring (bicyclic) bond motifs is 3. The molecule has 0 fully saturated rings. The van der Waals surface area contributed by atoms with E-state index in [2.05, 4.69) is 19.9 Å². The maximum atomic E-state index is 7.52. The number of aryl methyl sites for hydroxylation is 1. The number of hydrogen-bond donors (Lipinski definition) is 2. The minimum atomic E-state index is 0.0906. The largest absolute Gasteiger partial charge is 0.370 e. The molecule has 2 N–H and O–H groups in total. The van der Waals surface area contributed by atoms with Crippen molar-refractivity contribution in [1.82, 2.24) is 14.5 Å². The Bertz CT molecular complexity index is 557. The molecule has 0 aromatic carbocycles. The van der Waals surface area contributed by atoms with E-state index in [0.29, 0.717) is 0 Å². The summed E-state index contributed by atoms with van der Waals surface area (Å²) in [5.74, 6) is 1.93. The van der Waals surface area contributed by atoms with E-state index < -0.39 is 0 Å². The predicted octanol–water partition coefficient (Wildman–Crippen LogP) is 0.596. The maximum Gasteiger partial charge on any atom is 0.244 e. The first-order valence-electron chi connectivity index (χ1n) is 4.92. The highest BCUT2D eigenvalue weighted by Gasteiger charge is 2.17. The molecule has 0 saturated heterocycles. The van der Waals surface area contributed by atoms with Gasteiger partial charge in [0, 0.05) is 18.7 Å². The second-order valence-corrected chi connectivity index (χ2v) is 3.67. The van der Waals surface area contributed by atoms with E-state index in [1.54, 1.807) is 0 Å². The van der Waals surface area contributed by atoms with Gasteiger partial charge < -0.3 is 9.88 Å². The molecule has 3 aliphatic rings. The Morgan fingerprint density at radius 2 is 2.27 bits per heavy atom. The van der Waals surface area contributed by atoms with Crippen molar-refractivity contribution in [3.8, 4) is 11.4 Å². The molecule has 0 aliphatic carbocycles. The third kappa shape index (κ3) is 1.12. The van der Waals surface area contributed by atoms with Gasteiger partial charge in [-0.2, -0.15) is 4.98 Å². The number of pyridine rings is 1. The zero-order chi connectivity index (χ0) is 10.4. The van der Waals surface area contributed by atoms with Gasteiger partial charge in [0.2, 0.25) is 5.62 Å². The van der Waals surface area contributed by atoms with Crippen molar-refractivity contribution in [1.29, 1.82) is 5.41 Å². The van der Waals surface area contributed by atoms with Crippen LogP contribution >= 0.6 is 0 Å². The lowest BCUT2D eigenvalue weighted by Crippen LogP contribution is -2.18. The minimum Gasteiger partial charge on any atom is -0.370 e. The fraction of sp³-hybridized carbons (Fsp3) is 0.300. The molecule has 0 aromatic rings. The number of hydrogen-bond acceptors (Lipinski definition) is 4. The van der Waals surface area contributed by atoms with Crippen LogP contribution in [0.1, 0.15) is 5.69 Å². The molecule has 15 heavy (non-hydrogen) atoms. The van der Waals surface area contributed by atoms with Gasteiger partial charge in [-0.15, -0.1) is 0 Å². The van der Waals surface area contributed by atoms with Crippen LogP contribution in [-0.2, 0) is 6.54 Å². The summed E-state index contributed by atoms with van der Waals surface area (Å²) < 4.78 is 2.10. The Labute approximate surface area is 86.7 Å². The molecule has 5 heteroatoms. The van der Waals surface area contributed by atoms with Crippen molar-refractivity contribution in [3.05, 3.63) is 23.4 Å². The van der Waals surface area contributed by atoms with Crippen molar-refractivity contribution in [3.63, 3.8) is 0 Å². The van der Waals surface area contributed by atoms with Gasteiger partial charge in [-0.3, -0.25) is 5.41 Å². The van der Waals surface area contributed by atoms with Crippen LogP contribution in [-0.4, -0.2) is 21.1 Å². The number of nitrogens with zero attached hydrogens (tertiary/aromatic N) is 3.